The van der Waals surface area contributed by atoms with E-state index in [2.05, 4.69) is 10.2 Å². The lowest BCUT2D eigenvalue weighted by Gasteiger charge is -1.84. The number of aryl methyl sites for hydroxylation is 1. The number of nitrogens with two attached hydrogens (primary N) is 1. The third-order valence-electron chi connectivity index (χ3n) is 1.14. The molecule has 0 radical (unpaired) electrons. The largest absolute Gasteiger partial charge is 0.369 e. The lowest BCUT2D eigenvalue weighted by atomic mass is 10.4. The fourth-order valence-electron chi connectivity index (χ4n) is 0.652. The lowest BCUT2D eigenvalue weighted by Crippen LogP contribution is -2.13. The van der Waals surface area contributed by atoms with Crippen molar-refractivity contribution in [1.29, 1.82) is 0 Å². The third kappa shape index (κ3) is 2.27. The summed E-state index contributed by atoms with van der Waals surface area (Å²) in [6, 6.07) is 0. The molecule has 5 heteroatoms. The SMILES string of the molecule is CCc1nnc(CC(N)=O)s1. The number of rotatable bonds is 3. The molecule has 0 aliphatic carbocycles. The molecule has 1 aromatic heterocycles. The van der Waals surface area contributed by atoms with Crippen LogP contribution in [0.15, 0.2) is 0 Å². The van der Waals surface area contributed by atoms with E-state index in [0.717, 1.165) is 11.4 Å². The maximum Gasteiger partial charge on any atom is 0.224 e. The number of primary amides is 1. The van der Waals surface area contributed by atoms with Crippen LogP contribution in [-0.2, 0) is 17.6 Å². The Bertz CT molecular complexity index is 258. The second-order valence-electron chi connectivity index (χ2n) is 2.09. The van der Waals surface area contributed by atoms with E-state index in [0.29, 0.717) is 5.01 Å². The highest BCUT2D eigenvalue weighted by atomic mass is 32.1. The van der Waals surface area contributed by atoms with Gasteiger partial charge in [0, 0.05) is 0 Å². The highest BCUT2D eigenvalue weighted by molar-refractivity contribution is 7.11. The highest BCUT2D eigenvalue weighted by Gasteiger charge is 2.04. The minimum absolute atomic E-state index is 0.206. The van der Waals surface area contributed by atoms with Crippen LogP contribution in [0.25, 0.3) is 0 Å². The first-order valence-electron chi connectivity index (χ1n) is 3.32. The van der Waals surface area contributed by atoms with Gasteiger partial charge < -0.3 is 5.73 Å². The Kier molecular flexibility index (Phi) is 2.53. The molecule has 0 aromatic carbocycles. The smallest absolute Gasteiger partial charge is 0.224 e. The van der Waals surface area contributed by atoms with Gasteiger partial charge >= 0.3 is 0 Å². The van der Waals surface area contributed by atoms with Crippen molar-refractivity contribution in [3.63, 3.8) is 0 Å². The zero-order chi connectivity index (χ0) is 8.27. The first-order valence-corrected chi connectivity index (χ1v) is 4.13. The van der Waals surface area contributed by atoms with Gasteiger partial charge in [-0.2, -0.15) is 0 Å². The molecule has 4 nitrogen and oxygen atoms in total. The summed E-state index contributed by atoms with van der Waals surface area (Å²) in [6.45, 7) is 1.99. The Morgan fingerprint density at radius 1 is 1.55 bits per heavy atom. The normalized spacial score (nSPS) is 9.91. The summed E-state index contributed by atoms with van der Waals surface area (Å²) >= 11 is 1.44. The fourth-order valence-corrected chi connectivity index (χ4v) is 1.45. The summed E-state index contributed by atoms with van der Waals surface area (Å²) < 4.78 is 0. The van der Waals surface area contributed by atoms with Crippen molar-refractivity contribution in [2.45, 2.75) is 19.8 Å². The Morgan fingerprint density at radius 2 is 2.18 bits per heavy atom. The minimum Gasteiger partial charge on any atom is -0.369 e. The average Bonchev–Trinajstić information content (AvgIpc) is 2.34. The Labute approximate surface area is 68.4 Å². The molecular formula is C6H9N3OS. The maximum absolute atomic E-state index is 10.4. The first kappa shape index (κ1) is 8.13. The zero-order valence-electron chi connectivity index (χ0n) is 6.20. The Hall–Kier alpha value is -0.970. The quantitative estimate of drug-likeness (QED) is 0.702. The predicted molar refractivity (Wildman–Crippen MR) is 42.2 cm³/mol. The van der Waals surface area contributed by atoms with Crippen molar-refractivity contribution in [3.05, 3.63) is 10.0 Å². The van der Waals surface area contributed by atoms with Gasteiger partial charge in [0.25, 0.3) is 0 Å². The van der Waals surface area contributed by atoms with E-state index in [1.54, 1.807) is 0 Å². The zero-order valence-corrected chi connectivity index (χ0v) is 7.02. The molecule has 2 N–H and O–H groups in total. The van der Waals surface area contributed by atoms with Crippen molar-refractivity contribution in [3.8, 4) is 0 Å². The first-order chi connectivity index (χ1) is 5.22. The number of hydrogen-bond acceptors (Lipinski definition) is 4. The summed E-state index contributed by atoms with van der Waals surface area (Å²) in [7, 11) is 0. The van der Waals surface area contributed by atoms with E-state index in [9.17, 15) is 4.79 Å². The molecule has 0 spiro atoms. The number of carbonyl (C=O) groups excluding carboxylic acids is 1. The summed E-state index contributed by atoms with van der Waals surface area (Å²) in [6.07, 6.45) is 1.06. The van der Waals surface area contributed by atoms with Crippen LogP contribution >= 0.6 is 11.3 Å². The summed E-state index contributed by atoms with van der Waals surface area (Å²) in [5.41, 5.74) is 4.98. The van der Waals surface area contributed by atoms with Crippen molar-refractivity contribution in [1.82, 2.24) is 10.2 Å². The molecule has 0 unspecified atom stereocenters. The van der Waals surface area contributed by atoms with E-state index in [4.69, 9.17) is 5.73 Å². The van der Waals surface area contributed by atoms with E-state index >= 15 is 0 Å². The van der Waals surface area contributed by atoms with Crippen LogP contribution in [0.5, 0.6) is 0 Å². The van der Waals surface area contributed by atoms with Crippen molar-refractivity contribution < 1.29 is 4.79 Å². The summed E-state index contributed by atoms with van der Waals surface area (Å²) in [5, 5.41) is 9.29. The molecule has 1 rings (SSSR count). The van der Waals surface area contributed by atoms with Gasteiger partial charge in [-0.25, -0.2) is 0 Å². The monoisotopic (exact) mass is 171 g/mol. The van der Waals surface area contributed by atoms with Crippen LogP contribution < -0.4 is 5.73 Å². The van der Waals surface area contributed by atoms with Crippen LogP contribution in [0.1, 0.15) is 16.9 Å². The third-order valence-corrected chi connectivity index (χ3v) is 2.20. The topological polar surface area (TPSA) is 68.9 Å². The number of aromatic nitrogens is 2. The average molecular weight is 171 g/mol. The van der Waals surface area contributed by atoms with Crippen molar-refractivity contribution in [2.75, 3.05) is 0 Å². The summed E-state index contributed by atoms with van der Waals surface area (Å²) in [5.74, 6) is -0.358. The van der Waals surface area contributed by atoms with E-state index in [1.807, 2.05) is 6.92 Å². The number of amides is 1. The molecule has 1 amide bonds. The van der Waals surface area contributed by atoms with Gasteiger partial charge in [0.1, 0.15) is 10.0 Å². The van der Waals surface area contributed by atoms with Crippen molar-refractivity contribution >= 4 is 17.2 Å². The van der Waals surface area contributed by atoms with Crippen LogP contribution in [-0.4, -0.2) is 16.1 Å². The molecule has 0 fully saturated rings. The maximum atomic E-state index is 10.4. The lowest BCUT2D eigenvalue weighted by molar-refractivity contribution is -0.117. The molecule has 0 saturated carbocycles. The van der Waals surface area contributed by atoms with Gasteiger partial charge in [-0.3, -0.25) is 4.79 Å². The molecule has 0 aliphatic heterocycles. The van der Waals surface area contributed by atoms with E-state index < -0.39 is 0 Å². The standard InChI is InChI=1S/C6H9N3OS/c1-2-5-8-9-6(11-5)3-4(7)10/h2-3H2,1H3,(H2,7,10). The fraction of sp³-hybridized carbons (Fsp3) is 0.500. The summed E-state index contributed by atoms with van der Waals surface area (Å²) in [4.78, 5) is 10.4. The van der Waals surface area contributed by atoms with Crippen LogP contribution in [0.3, 0.4) is 0 Å². The second-order valence-corrected chi connectivity index (χ2v) is 3.23. The number of carbonyl (C=O) groups is 1. The van der Waals surface area contributed by atoms with E-state index in [-0.39, 0.29) is 12.3 Å². The molecule has 1 heterocycles. The molecule has 0 bridgehead atoms. The van der Waals surface area contributed by atoms with Crippen LogP contribution in [0.2, 0.25) is 0 Å². The van der Waals surface area contributed by atoms with Crippen molar-refractivity contribution in [2.24, 2.45) is 5.73 Å². The van der Waals surface area contributed by atoms with Gasteiger partial charge in [0.05, 0.1) is 6.42 Å². The molecule has 1 aromatic rings. The Morgan fingerprint density at radius 3 is 2.64 bits per heavy atom. The molecular weight excluding hydrogens is 162 g/mol. The molecule has 11 heavy (non-hydrogen) atoms. The Balaban J connectivity index is 2.65. The highest BCUT2D eigenvalue weighted by Crippen LogP contribution is 2.09. The van der Waals surface area contributed by atoms with Gasteiger partial charge in [-0.15, -0.1) is 21.5 Å². The number of hydrogen-bond donors (Lipinski definition) is 1. The van der Waals surface area contributed by atoms with Crippen LogP contribution in [0, 0.1) is 0 Å². The van der Waals surface area contributed by atoms with Gasteiger partial charge in [0.15, 0.2) is 0 Å². The molecule has 0 atom stereocenters. The van der Waals surface area contributed by atoms with E-state index in [1.165, 1.54) is 11.3 Å². The van der Waals surface area contributed by atoms with Gasteiger partial charge in [-0.05, 0) is 6.42 Å². The van der Waals surface area contributed by atoms with Gasteiger partial charge in [-0.1, -0.05) is 6.92 Å². The molecule has 0 aliphatic rings. The van der Waals surface area contributed by atoms with Gasteiger partial charge in [0.2, 0.25) is 5.91 Å². The number of nitrogens with zero attached hydrogens (tertiary/aromatic N) is 2. The predicted octanol–water partition coefficient (Wildman–Crippen LogP) is 0.128. The molecule has 0 saturated heterocycles. The second kappa shape index (κ2) is 3.43. The minimum atomic E-state index is -0.358. The molecule has 60 valence electrons. The van der Waals surface area contributed by atoms with Crippen LogP contribution in [0.4, 0.5) is 0 Å².